The van der Waals surface area contributed by atoms with Gasteiger partial charge in [0.25, 0.3) is 0 Å². The number of nitrogens with zero attached hydrogens (tertiary/aromatic N) is 2. The molecule has 176 valence electrons. The van der Waals surface area contributed by atoms with Gasteiger partial charge in [-0.15, -0.1) is 12.4 Å². The van der Waals surface area contributed by atoms with Gasteiger partial charge >= 0.3 is 5.97 Å². The van der Waals surface area contributed by atoms with Crippen LogP contribution in [0.4, 0.5) is 15.9 Å². The smallest absolute Gasteiger partial charge is 0.338 e. The first-order valence-electron chi connectivity index (χ1n) is 10.1. The molecular weight excluding hydrogens is 461 g/mol. The van der Waals surface area contributed by atoms with Crippen molar-refractivity contribution in [1.29, 1.82) is 0 Å². The van der Waals surface area contributed by atoms with E-state index in [1.54, 1.807) is 19.1 Å². The molecule has 0 aliphatic carbocycles. The van der Waals surface area contributed by atoms with Crippen LogP contribution < -0.4 is 14.8 Å². The first-order chi connectivity index (χ1) is 16.0. The minimum atomic E-state index is -0.551. The second kappa shape index (κ2) is 10.8. The molecular formula is C25H23ClFN3O4. The molecule has 0 unspecified atom stereocenters. The van der Waals surface area contributed by atoms with Crippen LogP contribution >= 0.6 is 12.4 Å². The fourth-order valence-corrected chi connectivity index (χ4v) is 3.40. The van der Waals surface area contributed by atoms with Crippen molar-refractivity contribution in [2.45, 2.75) is 13.5 Å². The van der Waals surface area contributed by atoms with Crippen LogP contribution in [0.25, 0.3) is 10.9 Å². The summed E-state index contributed by atoms with van der Waals surface area (Å²) in [4.78, 5) is 20.6. The molecule has 4 aromatic rings. The number of anilines is 2. The van der Waals surface area contributed by atoms with Crippen LogP contribution in [0, 0.1) is 12.7 Å². The summed E-state index contributed by atoms with van der Waals surface area (Å²) < 4.78 is 30.9. The molecule has 0 spiro atoms. The number of benzene rings is 3. The highest BCUT2D eigenvalue weighted by atomic mass is 35.5. The quantitative estimate of drug-likeness (QED) is 0.342. The van der Waals surface area contributed by atoms with Gasteiger partial charge in [-0.2, -0.15) is 0 Å². The van der Waals surface area contributed by atoms with E-state index in [0.717, 1.165) is 5.56 Å². The second-order valence-corrected chi connectivity index (χ2v) is 7.28. The van der Waals surface area contributed by atoms with Crippen molar-refractivity contribution in [3.8, 4) is 11.5 Å². The third-order valence-corrected chi connectivity index (χ3v) is 5.13. The van der Waals surface area contributed by atoms with E-state index in [9.17, 15) is 9.18 Å². The van der Waals surface area contributed by atoms with Gasteiger partial charge in [-0.3, -0.25) is 0 Å². The van der Waals surface area contributed by atoms with E-state index < -0.39 is 11.8 Å². The first-order valence-corrected chi connectivity index (χ1v) is 10.1. The summed E-state index contributed by atoms with van der Waals surface area (Å²) >= 11 is 0. The summed E-state index contributed by atoms with van der Waals surface area (Å²) in [5.74, 6) is 0.280. The van der Waals surface area contributed by atoms with E-state index in [0.29, 0.717) is 40.4 Å². The van der Waals surface area contributed by atoms with Crippen LogP contribution in [0.15, 0.2) is 60.9 Å². The third kappa shape index (κ3) is 5.18. The minimum Gasteiger partial charge on any atom is -0.493 e. The van der Waals surface area contributed by atoms with Gasteiger partial charge in [-0.1, -0.05) is 30.3 Å². The largest absolute Gasteiger partial charge is 0.493 e. The van der Waals surface area contributed by atoms with Crippen molar-refractivity contribution < 1.29 is 23.4 Å². The summed E-state index contributed by atoms with van der Waals surface area (Å²) in [6, 6.07) is 15.9. The predicted octanol–water partition coefficient (Wildman–Crippen LogP) is 5.62. The monoisotopic (exact) mass is 483 g/mol. The Morgan fingerprint density at radius 3 is 2.50 bits per heavy atom. The Morgan fingerprint density at radius 1 is 1.03 bits per heavy atom. The number of methoxy groups -OCH3 is 2. The Morgan fingerprint density at radius 2 is 1.79 bits per heavy atom. The van der Waals surface area contributed by atoms with Crippen LogP contribution in [0.1, 0.15) is 21.5 Å². The topological polar surface area (TPSA) is 82.6 Å². The third-order valence-electron chi connectivity index (χ3n) is 5.13. The van der Waals surface area contributed by atoms with Crippen LogP contribution in [0.3, 0.4) is 0 Å². The molecule has 1 heterocycles. The summed E-state index contributed by atoms with van der Waals surface area (Å²) in [6.45, 7) is 2.00. The van der Waals surface area contributed by atoms with E-state index in [4.69, 9.17) is 14.2 Å². The molecule has 0 atom stereocenters. The Bertz CT molecular complexity index is 1320. The van der Waals surface area contributed by atoms with Gasteiger partial charge < -0.3 is 19.5 Å². The normalized spacial score (nSPS) is 10.4. The van der Waals surface area contributed by atoms with Gasteiger partial charge in [-0.25, -0.2) is 19.2 Å². The molecule has 9 heteroatoms. The van der Waals surface area contributed by atoms with Gasteiger partial charge in [0.05, 0.1) is 31.0 Å². The van der Waals surface area contributed by atoms with E-state index >= 15 is 0 Å². The lowest BCUT2D eigenvalue weighted by Crippen LogP contribution is -2.07. The van der Waals surface area contributed by atoms with Gasteiger partial charge in [0.2, 0.25) is 0 Å². The molecule has 0 aliphatic rings. The van der Waals surface area contributed by atoms with Gasteiger partial charge in [0.1, 0.15) is 24.6 Å². The number of hydrogen-bond donors (Lipinski definition) is 1. The number of aromatic nitrogens is 2. The second-order valence-electron chi connectivity index (χ2n) is 7.28. The molecule has 0 saturated carbocycles. The molecule has 0 bridgehead atoms. The molecule has 0 aliphatic heterocycles. The zero-order valence-corrected chi connectivity index (χ0v) is 19.6. The van der Waals surface area contributed by atoms with Crippen LogP contribution in [0.5, 0.6) is 11.5 Å². The lowest BCUT2D eigenvalue weighted by Gasteiger charge is -2.15. The summed E-state index contributed by atoms with van der Waals surface area (Å²) in [7, 11) is 2.82. The van der Waals surface area contributed by atoms with E-state index in [1.165, 1.54) is 32.7 Å². The van der Waals surface area contributed by atoms with E-state index in [-0.39, 0.29) is 23.7 Å². The van der Waals surface area contributed by atoms with Crippen LogP contribution in [0.2, 0.25) is 0 Å². The molecule has 3 aromatic carbocycles. The highest BCUT2D eigenvalue weighted by molar-refractivity contribution is 5.95. The number of carbonyl (C=O) groups excluding carboxylic acids is 1. The highest BCUT2D eigenvalue weighted by Gasteiger charge is 2.17. The van der Waals surface area contributed by atoms with E-state index in [2.05, 4.69) is 15.3 Å². The van der Waals surface area contributed by atoms with Gasteiger partial charge in [0.15, 0.2) is 11.5 Å². The van der Waals surface area contributed by atoms with Crippen molar-refractivity contribution in [2.75, 3.05) is 19.5 Å². The Hall–Kier alpha value is -3.91. The Balaban J connectivity index is 0.00000324. The van der Waals surface area contributed by atoms with Crippen LogP contribution in [-0.2, 0) is 11.3 Å². The molecule has 0 fully saturated rings. The molecule has 0 amide bonds. The van der Waals surface area contributed by atoms with Gasteiger partial charge in [0, 0.05) is 11.5 Å². The zero-order chi connectivity index (χ0) is 23.4. The maximum absolute atomic E-state index is 14.7. The summed E-state index contributed by atoms with van der Waals surface area (Å²) in [6.07, 6.45) is 1.37. The standard InChI is InChI=1S/C25H22FN3O4.ClH/c1-15-9-19(26)21(10-17(15)25(30)32-3)29-24-18-11-22(31-2)23(12-20(18)27-14-28-24)33-13-16-7-5-4-6-8-16;/h4-12,14H,13H2,1-3H3,(H,27,28,29);1H. The molecule has 0 saturated heterocycles. The Kier molecular flexibility index (Phi) is 7.86. The fraction of sp³-hybridized carbons (Fsp3) is 0.160. The number of aryl methyl sites for hydroxylation is 1. The molecule has 0 radical (unpaired) electrons. The zero-order valence-electron chi connectivity index (χ0n) is 18.8. The number of halogens is 2. The first kappa shape index (κ1) is 24.7. The lowest BCUT2D eigenvalue weighted by molar-refractivity contribution is 0.0600. The summed E-state index contributed by atoms with van der Waals surface area (Å²) in [5.41, 5.74) is 2.41. The maximum Gasteiger partial charge on any atom is 0.338 e. The van der Waals surface area contributed by atoms with Crippen molar-refractivity contribution >= 4 is 40.8 Å². The molecule has 1 N–H and O–H groups in total. The molecule has 1 aromatic heterocycles. The lowest BCUT2D eigenvalue weighted by atomic mass is 10.1. The Labute approximate surface area is 202 Å². The number of ether oxygens (including phenoxy) is 3. The predicted molar refractivity (Wildman–Crippen MR) is 130 cm³/mol. The van der Waals surface area contributed by atoms with Crippen LogP contribution in [-0.4, -0.2) is 30.2 Å². The number of fused-ring (bicyclic) bond motifs is 1. The molecule has 7 nitrogen and oxygen atoms in total. The maximum atomic E-state index is 14.7. The average Bonchev–Trinajstić information content (AvgIpc) is 2.84. The molecule has 4 rings (SSSR count). The average molecular weight is 484 g/mol. The number of carbonyl (C=O) groups is 1. The SMILES string of the molecule is COC(=O)c1cc(Nc2ncnc3cc(OCc4ccccc4)c(OC)cc23)c(F)cc1C.Cl. The minimum absolute atomic E-state index is 0. The fourth-order valence-electron chi connectivity index (χ4n) is 3.40. The van der Waals surface area contributed by atoms with E-state index in [1.807, 2.05) is 30.3 Å². The van der Waals surface area contributed by atoms with Crippen molar-refractivity contribution in [3.05, 3.63) is 83.4 Å². The number of esters is 1. The molecule has 34 heavy (non-hydrogen) atoms. The number of rotatable bonds is 7. The van der Waals surface area contributed by atoms with Crippen molar-refractivity contribution in [3.63, 3.8) is 0 Å². The van der Waals surface area contributed by atoms with Crippen molar-refractivity contribution in [1.82, 2.24) is 9.97 Å². The highest BCUT2D eigenvalue weighted by Crippen LogP contribution is 2.35. The summed E-state index contributed by atoms with van der Waals surface area (Å²) in [5, 5.41) is 3.56. The van der Waals surface area contributed by atoms with Gasteiger partial charge in [-0.05, 0) is 36.2 Å². The number of nitrogens with one attached hydrogen (secondary N) is 1. The van der Waals surface area contributed by atoms with Crippen molar-refractivity contribution in [2.24, 2.45) is 0 Å². The number of hydrogen-bond acceptors (Lipinski definition) is 7.